The lowest BCUT2D eigenvalue weighted by molar-refractivity contribution is -0.158. The molecule has 0 rings (SSSR count). The minimum Gasteiger partial charge on any atom is -0.481 e. The first-order valence-corrected chi connectivity index (χ1v) is 4.06. The molecular formula is C9H17FO2. The van der Waals surface area contributed by atoms with Gasteiger partial charge in [-0.2, -0.15) is 0 Å². The first kappa shape index (κ1) is 11.4. The van der Waals surface area contributed by atoms with Crippen LogP contribution < -0.4 is 0 Å². The second-order valence-electron chi connectivity index (χ2n) is 4.16. The summed E-state index contributed by atoms with van der Waals surface area (Å²) in [5.74, 6) is -1.40. The summed E-state index contributed by atoms with van der Waals surface area (Å²) in [6.07, 6.45) is 0. The fourth-order valence-corrected chi connectivity index (χ4v) is 0.931. The molecule has 2 nitrogen and oxygen atoms in total. The molecule has 0 aromatic rings. The number of rotatable bonds is 3. The number of halogens is 1. The average molecular weight is 176 g/mol. The van der Waals surface area contributed by atoms with Crippen LogP contribution in [0.25, 0.3) is 0 Å². The summed E-state index contributed by atoms with van der Waals surface area (Å²) in [5.41, 5.74) is -3.01. The Bertz CT molecular complexity index is 183. The zero-order valence-electron chi connectivity index (χ0n) is 8.31. The third-order valence-electron chi connectivity index (χ3n) is 2.84. The van der Waals surface area contributed by atoms with Crippen LogP contribution in [0, 0.1) is 11.3 Å². The Hall–Kier alpha value is -0.600. The van der Waals surface area contributed by atoms with Gasteiger partial charge in [0.25, 0.3) is 0 Å². The van der Waals surface area contributed by atoms with E-state index in [4.69, 9.17) is 5.11 Å². The van der Waals surface area contributed by atoms with Crippen LogP contribution in [-0.4, -0.2) is 16.7 Å². The van der Waals surface area contributed by atoms with Gasteiger partial charge in [0, 0.05) is 0 Å². The summed E-state index contributed by atoms with van der Waals surface area (Å²) in [7, 11) is 0. The molecule has 0 amide bonds. The van der Waals surface area contributed by atoms with E-state index in [-0.39, 0.29) is 5.92 Å². The summed E-state index contributed by atoms with van der Waals surface area (Å²) < 4.78 is 13.9. The molecule has 0 saturated carbocycles. The maximum Gasteiger partial charge on any atom is 0.312 e. The Labute approximate surface area is 72.8 Å². The fraction of sp³-hybridized carbons (Fsp3) is 0.889. The van der Waals surface area contributed by atoms with Crippen molar-refractivity contribution in [1.82, 2.24) is 0 Å². The second-order valence-corrected chi connectivity index (χ2v) is 4.16. The van der Waals surface area contributed by atoms with Gasteiger partial charge in [0.05, 0.1) is 5.41 Å². The molecule has 1 N–H and O–H groups in total. The van der Waals surface area contributed by atoms with Crippen molar-refractivity contribution in [3.63, 3.8) is 0 Å². The minimum absolute atomic E-state index is 0.302. The standard InChI is InChI=1S/C9H17FO2/c1-6(2)9(5,10)8(3,4)7(11)12/h6H,1-5H3,(H,11,12). The lowest BCUT2D eigenvalue weighted by Crippen LogP contribution is -2.47. The molecule has 0 bridgehead atoms. The number of carboxylic acids is 1. The van der Waals surface area contributed by atoms with Crippen molar-refractivity contribution >= 4 is 5.97 Å². The average Bonchev–Trinajstić information content (AvgIpc) is 1.86. The van der Waals surface area contributed by atoms with Gasteiger partial charge in [-0.25, -0.2) is 4.39 Å². The van der Waals surface area contributed by atoms with Crippen molar-refractivity contribution in [3.05, 3.63) is 0 Å². The molecule has 12 heavy (non-hydrogen) atoms. The zero-order chi connectivity index (χ0) is 10.2. The zero-order valence-corrected chi connectivity index (χ0v) is 8.31. The van der Waals surface area contributed by atoms with Gasteiger partial charge in [0.1, 0.15) is 5.67 Å². The van der Waals surface area contributed by atoms with E-state index in [1.54, 1.807) is 13.8 Å². The van der Waals surface area contributed by atoms with Crippen molar-refractivity contribution < 1.29 is 14.3 Å². The van der Waals surface area contributed by atoms with Crippen molar-refractivity contribution in [2.24, 2.45) is 11.3 Å². The molecule has 0 aliphatic heterocycles. The predicted molar refractivity (Wildman–Crippen MR) is 45.8 cm³/mol. The first-order chi connectivity index (χ1) is 5.14. The summed E-state index contributed by atoms with van der Waals surface area (Å²) in [4.78, 5) is 10.7. The van der Waals surface area contributed by atoms with Crippen LogP contribution >= 0.6 is 0 Å². The number of carboxylic acid groups (broad SMARTS) is 1. The molecule has 3 heteroatoms. The summed E-state index contributed by atoms with van der Waals surface area (Å²) >= 11 is 0. The van der Waals surface area contributed by atoms with E-state index in [9.17, 15) is 9.18 Å². The van der Waals surface area contributed by atoms with Crippen LogP contribution in [0.5, 0.6) is 0 Å². The Morgan fingerprint density at radius 2 is 1.67 bits per heavy atom. The van der Waals surface area contributed by atoms with Gasteiger partial charge in [-0.05, 0) is 26.7 Å². The first-order valence-electron chi connectivity index (χ1n) is 4.06. The molecule has 0 heterocycles. The number of hydrogen-bond acceptors (Lipinski definition) is 1. The highest BCUT2D eigenvalue weighted by atomic mass is 19.1. The highest BCUT2D eigenvalue weighted by Crippen LogP contribution is 2.40. The van der Waals surface area contributed by atoms with Crippen molar-refractivity contribution in [1.29, 1.82) is 0 Å². The normalized spacial score (nSPS) is 17.6. The van der Waals surface area contributed by atoms with Crippen molar-refractivity contribution in [2.75, 3.05) is 0 Å². The van der Waals surface area contributed by atoms with E-state index in [1.165, 1.54) is 20.8 Å². The van der Waals surface area contributed by atoms with Crippen molar-refractivity contribution in [3.8, 4) is 0 Å². The topological polar surface area (TPSA) is 37.3 Å². The third-order valence-corrected chi connectivity index (χ3v) is 2.84. The van der Waals surface area contributed by atoms with E-state index in [2.05, 4.69) is 0 Å². The van der Waals surface area contributed by atoms with Crippen LogP contribution in [0.2, 0.25) is 0 Å². The van der Waals surface area contributed by atoms with Crippen LogP contribution in [0.3, 0.4) is 0 Å². The Kier molecular flexibility index (Phi) is 2.88. The minimum atomic E-state index is -1.68. The van der Waals surface area contributed by atoms with Gasteiger partial charge in [0.15, 0.2) is 0 Å². The number of alkyl halides is 1. The summed E-state index contributed by atoms with van der Waals surface area (Å²) in [6.45, 7) is 7.53. The summed E-state index contributed by atoms with van der Waals surface area (Å²) in [5, 5.41) is 8.79. The van der Waals surface area contributed by atoms with E-state index in [0.29, 0.717) is 0 Å². The molecule has 0 aromatic heterocycles. The van der Waals surface area contributed by atoms with Gasteiger partial charge >= 0.3 is 5.97 Å². The number of hydrogen-bond donors (Lipinski definition) is 1. The lowest BCUT2D eigenvalue weighted by atomic mass is 9.71. The van der Waals surface area contributed by atoms with Crippen LogP contribution in [-0.2, 0) is 4.79 Å². The Balaban J connectivity index is 4.88. The van der Waals surface area contributed by atoms with Crippen molar-refractivity contribution in [2.45, 2.75) is 40.3 Å². The molecule has 0 fully saturated rings. The lowest BCUT2D eigenvalue weighted by Gasteiger charge is -2.37. The molecule has 0 aliphatic rings. The van der Waals surface area contributed by atoms with E-state index in [0.717, 1.165) is 0 Å². The molecule has 1 unspecified atom stereocenters. The predicted octanol–water partition coefficient (Wildman–Crippen LogP) is 2.48. The van der Waals surface area contributed by atoms with E-state index < -0.39 is 17.1 Å². The highest BCUT2D eigenvalue weighted by molar-refractivity contribution is 5.75. The van der Waals surface area contributed by atoms with Gasteiger partial charge in [-0.1, -0.05) is 13.8 Å². The smallest absolute Gasteiger partial charge is 0.312 e. The van der Waals surface area contributed by atoms with Crippen LogP contribution in [0.15, 0.2) is 0 Å². The Morgan fingerprint density at radius 1 is 1.33 bits per heavy atom. The molecule has 0 aliphatic carbocycles. The number of aliphatic carboxylic acids is 1. The Morgan fingerprint density at radius 3 is 1.75 bits per heavy atom. The monoisotopic (exact) mass is 176 g/mol. The maximum absolute atomic E-state index is 13.9. The molecule has 0 saturated heterocycles. The van der Waals surface area contributed by atoms with Gasteiger partial charge in [-0.15, -0.1) is 0 Å². The fourth-order valence-electron chi connectivity index (χ4n) is 0.931. The van der Waals surface area contributed by atoms with Crippen LogP contribution in [0.1, 0.15) is 34.6 Å². The third kappa shape index (κ3) is 1.59. The number of carbonyl (C=O) groups is 1. The molecule has 0 spiro atoms. The highest BCUT2D eigenvalue weighted by Gasteiger charge is 2.49. The second kappa shape index (κ2) is 3.04. The van der Waals surface area contributed by atoms with E-state index >= 15 is 0 Å². The van der Waals surface area contributed by atoms with E-state index in [1.807, 2.05) is 0 Å². The molecule has 0 aromatic carbocycles. The van der Waals surface area contributed by atoms with Crippen LogP contribution in [0.4, 0.5) is 4.39 Å². The largest absolute Gasteiger partial charge is 0.481 e. The molecule has 72 valence electrons. The van der Waals surface area contributed by atoms with Gasteiger partial charge in [-0.3, -0.25) is 4.79 Å². The molecule has 1 atom stereocenters. The van der Waals surface area contributed by atoms with Gasteiger partial charge < -0.3 is 5.11 Å². The molecular weight excluding hydrogens is 159 g/mol. The SMILES string of the molecule is CC(C)C(C)(F)C(C)(C)C(=O)O. The quantitative estimate of drug-likeness (QED) is 0.717. The summed E-state index contributed by atoms with van der Waals surface area (Å²) in [6, 6.07) is 0. The maximum atomic E-state index is 13.9. The van der Waals surface area contributed by atoms with Gasteiger partial charge in [0.2, 0.25) is 0 Å². The molecule has 0 radical (unpaired) electrons.